The third kappa shape index (κ3) is 4.00. The number of hydrogen-bond donors (Lipinski definition) is 1. The van der Waals surface area contributed by atoms with Crippen molar-refractivity contribution in [1.82, 2.24) is 10.2 Å². The van der Waals surface area contributed by atoms with Gasteiger partial charge in [0.2, 0.25) is 0 Å². The molecule has 4 heteroatoms. The number of aryl methyl sites for hydroxylation is 1. The van der Waals surface area contributed by atoms with Crippen LogP contribution in [0.25, 0.3) is 0 Å². The first-order valence-corrected chi connectivity index (χ1v) is 7.47. The van der Waals surface area contributed by atoms with Gasteiger partial charge >= 0.3 is 0 Å². The van der Waals surface area contributed by atoms with E-state index in [9.17, 15) is 8.78 Å². The van der Waals surface area contributed by atoms with E-state index >= 15 is 0 Å². The average molecular weight is 282 g/mol. The summed E-state index contributed by atoms with van der Waals surface area (Å²) in [7, 11) is 0. The number of likely N-dealkylation sites (tertiary alicyclic amines) is 1. The van der Waals surface area contributed by atoms with Crippen molar-refractivity contribution in [2.45, 2.75) is 45.7 Å². The fourth-order valence-corrected chi connectivity index (χ4v) is 2.75. The Balaban J connectivity index is 1.86. The Kier molecular flexibility index (Phi) is 5.49. The average Bonchev–Trinajstić information content (AvgIpc) is 2.44. The van der Waals surface area contributed by atoms with Crippen LogP contribution in [0.3, 0.4) is 0 Å². The van der Waals surface area contributed by atoms with E-state index in [1.54, 1.807) is 6.92 Å². The second-order valence-electron chi connectivity index (χ2n) is 5.80. The molecule has 1 atom stereocenters. The van der Waals surface area contributed by atoms with Crippen LogP contribution in [0.4, 0.5) is 8.78 Å². The molecule has 1 unspecified atom stereocenters. The molecule has 1 aromatic carbocycles. The molecular weight excluding hydrogens is 258 g/mol. The lowest BCUT2D eigenvalue weighted by Crippen LogP contribution is -2.41. The molecule has 112 valence electrons. The first-order valence-electron chi connectivity index (χ1n) is 7.47. The van der Waals surface area contributed by atoms with Gasteiger partial charge in [-0.1, -0.05) is 12.5 Å². The summed E-state index contributed by atoms with van der Waals surface area (Å²) in [6.45, 7) is 7.19. The molecule has 0 amide bonds. The Morgan fingerprint density at radius 1 is 1.20 bits per heavy atom. The summed E-state index contributed by atoms with van der Waals surface area (Å²) in [5.74, 6) is -0.895. The van der Waals surface area contributed by atoms with E-state index in [1.807, 2.05) is 0 Å². The molecule has 0 aliphatic carbocycles. The van der Waals surface area contributed by atoms with Crippen molar-refractivity contribution >= 4 is 0 Å². The maximum Gasteiger partial charge on any atom is 0.133 e. The summed E-state index contributed by atoms with van der Waals surface area (Å²) in [5.41, 5.74) is 0.641. The molecule has 1 fully saturated rings. The molecule has 0 aromatic heterocycles. The summed E-state index contributed by atoms with van der Waals surface area (Å²) in [6, 6.07) is 3.04. The number of halogens is 2. The van der Waals surface area contributed by atoms with Crippen LogP contribution in [0.2, 0.25) is 0 Å². The molecule has 0 saturated carbocycles. The van der Waals surface area contributed by atoms with Gasteiger partial charge in [-0.2, -0.15) is 0 Å². The van der Waals surface area contributed by atoms with Crippen molar-refractivity contribution in [2.75, 3.05) is 19.6 Å². The van der Waals surface area contributed by atoms with Crippen molar-refractivity contribution < 1.29 is 8.78 Å². The van der Waals surface area contributed by atoms with Crippen LogP contribution >= 0.6 is 0 Å². The van der Waals surface area contributed by atoms with E-state index in [0.29, 0.717) is 5.56 Å². The van der Waals surface area contributed by atoms with E-state index in [0.717, 1.165) is 19.6 Å². The minimum atomic E-state index is -0.467. The van der Waals surface area contributed by atoms with Gasteiger partial charge in [-0.3, -0.25) is 0 Å². The standard InChI is InChI=1S/C16H24F2N2/c1-12-6-7-15(17)14(16(12)18)10-19-13(2)11-20-8-4-3-5-9-20/h6-7,13,19H,3-5,8-11H2,1-2H3. The van der Waals surface area contributed by atoms with Gasteiger partial charge in [0.1, 0.15) is 11.6 Å². The molecule has 1 N–H and O–H groups in total. The molecule has 20 heavy (non-hydrogen) atoms. The highest BCUT2D eigenvalue weighted by Gasteiger charge is 2.15. The van der Waals surface area contributed by atoms with Crippen molar-refractivity contribution in [3.63, 3.8) is 0 Å². The first-order chi connectivity index (χ1) is 9.58. The Labute approximate surface area is 120 Å². The Hall–Kier alpha value is -1.00. The quantitative estimate of drug-likeness (QED) is 0.892. The zero-order chi connectivity index (χ0) is 14.5. The smallest absolute Gasteiger partial charge is 0.133 e. The van der Waals surface area contributed by atoms with Gasteiger partial charge in [-0.05, 0) is 51.4 Å². The van der Waals surface area contributed by atoms with Crippen LogP contribution in [-0.4, -0.2) is 30.6 Å². The summed E-state index contributed by atoms with van der Waals surface area (Å²) < 4.78 is 27.5. The number of rotatable bonds is 5. The molecule has 1 heterocycles. The minimum Gasteiger partial charge on any atom is -0.309 e. The lowest BCUT2D eigenvalue weighted by atomic mass is 10.1. The monoisotopic (exact) mass is 282 g/mol. The summed E-state index contributed by atoms with van der Waals surface area (Å²) in [6.07, 6.45) is 3.83. The normalized spacial score (nSPS) is 18.2. The van der Waals surface area contributed by atoms with Crippen LogP contribution in [0.5, 0.6) is 0 Å². The van der Waals surface area contributed by atoms with E-state index in [1.165, 1.54) is 31.4 Å². The Bertz CT molecular complexity index is 442. The molecule has 1 aliphatic heterocycles. The topological polar surface area (TPSA) is 15.3 Å². The van der Waals surface area contributed by atoms with E-state index in [2.05, 4.69) is 17.1 Å². The molecule has 1 aliphatic rings. The van der Waals surface area contributed by atoms with Crippen LogP contribution in [-0.2, 0) is 6.54 Å². The number of benzene rings is 1. The second-order valence-corrected chi connectivity index (χ2v) is 5.80. The third-order valence-corrected chi connectivity index (χ3v) is 3.99. The zero-order valence-corrected chi connectivity index (χ0v) is 12.4. The van der Waals surface area contributed by atoms with Crippen LogP contribution in [0.15, 0.2) is 12.1 Å². The van der Waals surface area contributed by atoms with Gasteiger partial charge in [0.15, 0.2) is 0 Å². The highest BCUT2D eigenvalue weighted by molar-refractivity contribution is 5.26. The lowest BCUT2D eigenvalue weighted by Gasteiger charge is -2.29. The van der Waals surface area contributed by atoms with Crippen LogP contribution in [0.1, 0.15) is 37.3 Å². The first kappa shape index (κ1) is 15.4. The summed E-state index contributed by atoms with van der Waals surface area (Å²) >= 11 is 0. The lowest BCUT2D eigenvalue weighted by molar-refractivity contribution is 0.208. The molecule has 2 rings (SSSR count). The predicted molar refractivity (Wildman–Crippen MR) is 77.7 cm³/mol. The number of nitrogens with one attached hydrogen (secondary N) is 1. The minimum absolute atomic E-state index is 0.149. The van der Waals surface area contributed by atoms with Gasteiger partial charge in [0.05, 0.1) is 0 Å². The van der Waals surface area contributed by atoms with Crippen LogP contribution in [0, 0.1) is 18.6 Å². The van der Waals surface area contributed by atoms with Crippen LogP contribution < -0.4 is 5.32 Å². The maximum absolute atomic E-state index is 13.9. The SMILES string of the molecule is Cc1ccc(F)c(CNC(C)CN2CCCCC2)c1F. The van der Waals surface area contributed by atoms with Crippen molar-refractivity contribution in [1.29, 1.82) is 0 Å². The third-order valence-electron chi connectivity index (χ3n) is 3.99. The highest BCUT2D eigenvalue weighted by atomic mass is 19.1. The molecule has 1 aromatic rings. The fourth-order valence-electron chi connectivity index (χ4n) is 2.75. The zero-order valence-electron chi connectivity index (χ0n) is 12.4. The molecule has 0 spiro atoms. The Morgan fingerprint density at radius 3 is 2.60 bits per heavy atom. The van der Waals surface area contributed by atoms with Gasteiger partial charge in [-0.15, -0.1) is 0 Å². The van der Waals surface area contributed by atoms with Crippen molar-refractivity contribution in [3.05, 3.63) is 34.9 Å². The molecule has 1 saturated heterocycles. The van der Waals surface area contributed by atoms with Gasteiger partial charge in [0, 0.05) is 24.7 Å². The number of piperidine rings is 1. The largest absolute Gasteiger partial charge is 0.309 e. The van der Waals surface area contributed by atoms with Gasteiger partial charge < -0.3 is 10.2 Å². The highest BCUT2D eigenvalue weighted by Crippen LogP contribution is 2.16. The molecule has 0 radical (unpaired) electrons. The fraction of sp³-hybridized carbons (Fsp3) is 0.625. The summed E-state index contributed by atoms with van der Waals surface area (Å²) in [5, 5.41) is 3.23. The van der Waals surface area contributed by atoms with E-state index in [4.69, 9.17) is 0 Å². The number of hydrogen-bond acceptors (Lipinski definition) is 2. The second kappa shape index (κ2) is 7.14. The predicted octanol–water partition coefficient (Wildman–Crippen LogP) is 3.24. The number of nitrogens with zero attached hydrogens (tertiary/aromatic N) is 1. The maximum atomic E-state index is 13.9. The van der Waals surface area contributed by atoms with E-state index < -0.39 is 11.6 Å². The van der Waals surface area contributed by atoms with E-state index in [-0.39, 0.29) is 18.2 Å². The Morgan fingerprint density at radius 2 is 1.90 bits per heavy atom. The van der Waals surface area contributed by atoms with Crippen molar-refractivity contribution in [3.8, 4) is 0 Å². The van der Waals surface area contributed by atoms with Gasteiger partial charge in [0.25, 0.3) is 0 Å². The molecule has 2 nitrogen and oxygen atoms in total. The van der Waals surface area contributed by atoms with Crippen molar-refractivity contribution in [2.24, 2.45) is 0 Å². The molecular formula is C16H24F2N2. The van der Waals surface area contributed by atoms with Gasteiger partial charge in [-0.25, -0.2) is 8.78 Å². The summed E-state index contributed by atoms with van der Waals surface area (Å²) in [4.78, 5) is 2.42. The molecule has 0 bridgehead atoms.